The maximum absolute atomic E-state index is 13.5. The number of benzene rings is 2. The minimum Gasteiger partial charge on any atom is -0.573 e. The molecule has 0 radical (unpaired) electrons. The second kappa shape index (κ2) is 5.38. The fraction of sp³-hybridized carbons (Fsp3) is 0.0769. The maximum Gasteiger partial charge on any atom is 0.140 e. The molecule has 0 aromatic heterocycles. The molecule has 6 heteroatoms. The van der Waals surface area contributed by atoms with E-state index in [0.29, 0.717) is 6.54 Å². The third-order valence-corrected chi connectivity index (χ3v) is 3.90. The zero-order chi connectivity index (χ0) is 13.9. The molecule has 0 unspecified atom stereocenters. The van der Waals surface area contributed by atoms with Gasteiger partial charge in [-0.05, 0) is 12.1 Å². The fourth-order valence-electron chi connectivity index (χ4n) is 1.57. The molecule has 0 saturated carbocycles. The Bertz CT molecular complexity index is 669. The zero-order valence-electron chi connectivity index (χ0n) is 10.1. The Morgan fingerprint density at radius 1 is 1.05 bits per heavy atom. The summed E-state index contributed by atoms with van der Waals surface area (Å²) < 4.78 is 41.0. The lowest BCUT2D eigenvalue weighted by molar-refractivity contribution is -0.386. The van der Waals surface area contributed by atoms with E-state index in [-0.39, 0.29) is 5.69 Å². The molecule has 2 rings (SSSR count). The van der Waals surface area contributed by atoms with Gasteiger partial charge in [0.25, 0.3) is 0 Å². The van der Waals surface area contributed by atoms with E-state index in [0.717, 1.165) is 11.6 Å². The van der Waals surface area contributed by atoms with Gasteiger partial charge in [-0.2, -0.15) is 0 Å². The first-order chi connectivity index (χ1) is 9.03. The highest BCUT2D eigenvalue weighted by atomic mass is 32.2. The van der Waals surface area contributed by atoms with Crippen molar-refractivity contribution >= 4 is 15.7 Å². The minimum absolute atomic E-state index is 0.264. The van der Waals surface area contributed by atoms with Crippen molar-refractivity contribution in [3.05, 3.63) is 64.6 Å². The lowest BCUT2D eigenvalue weighted by atomic mass is 10.2. The lowest BCUT2D eigenvalue weighted by Gasteiger charge is -2.22. The summed E-state index contributed by atoms with van der Waals surface area (Å²) in [6.07, 6.45) is 0. The standard InChI is InChI=1S/C13H12FN2O2S/c14-12-3-1-2-4-13(12)19(17,18)16-11-7-5-10(9-15)6-8-11/h1-8H,9,15H2/q-1/p+1. The molecule has 0 bridgehead atoms. The summed E-state index contributed by atoms with van der Waals surface area (Å²) in [7, 11) is -4.03. The molecule has 2 aromatic carbocycles. The Kier molecular flexibility index (Phi) is 3.82. The SMILES string of the molecule is [NH3+]Cc1ccc([N-]S(=O)(=O)c2ccccc2F)cc1. The van der Waals surface area contributed by atoms with E-state index in [4.69, 9.17) is 0 Å². The summed E-state index contributed by atoms with van der Waals surface area (Å²) in [5, 5.41) is 0. The van der Waals surface area contributed by atoms with Gasteiger partial charge in [0.2, 0.25) is 0 Å². The van der Waals surface area contributed by atoms with Crippen molar-refractivity contribution in [3.63, 3.8) is 0 Å². The molecular weight excluding hydrogens is 267 g/mol. The third-order valence-electron chi connectivity index (χ3n) is 2.57. The van der Waals surface area contributed by atoms with Gasteiger partial charge in [-0.25, -0.2) is 12.8 Å². The normalized spacial score (nSPS) is 11.3. The maximum atomic E-state index is 13.5. The lowest BCUT2D eigenvalue weighted by Crippen LogP contribution is -2.47. The number of hydrogen-bond acceptors (Lipinski definition) is 2. The number of hydrogen-bond donors (Lipinski definition) is 1. The molecular formula is C13H13FN2O2S. The van der Waals surface area contributed by atoms with E-state index in [1.54, 1.807) is 24.3 Å². The molecule has 0 aliphatic rings. The van der Waals surface area contributed by atoms with E-state index in [2.05, 4.69) is 10.5 Å². The van der Waals surface area contributed by atoms with Gasteiger partial charge in [-0.3, -0.25) is 0 Å². The molecule has 0 atom stereocenters. The van der Waals surface area contributed by atoms with Crippen molar-refractivity contribution in [3.8, 4) is 0 Å². The summed E-state index contributed by atoms with van der Waals surface area (Å²) in [6.45, 7) is 0.611. The summed E-state index contributed by atoms with van der Waals surface area (Å²) in [5.41, 5.74) is 4.96. The van der Waals surface area contributed by atoms with E-state index >= 15 is 0 Å². The second-order valence-electron chi connectivity index (χ2n) is 3.91. The Labute approximate surface area is 111 Å². The smallest absolute Gasteiger partial charge is 0.140 e. The van der Waals surface area contributed by atoms with Crippen LogP contribution in [0.5, 0.6) is 0 Å². The highest BCUT2D eigenvalue weighted by Gasteiger charge is 2.10. The molecule has 0 aliphatic carbocycles. The number of nitrogens with zero attached hydrogens (tertiary/aromatic N) is 1. The predicted octanol–water partition coefficient (Wildman–Crippen LogP) is 1.96. The highest BCUT2D eigenvalue weighted by molar-refractivity contribution is 7.94. The van der Waals surface area contributed by atoms with Crippen molar-refractivity contribution < 1.29 is 18.5 Å². The van der Waals surface area contributed by atoms with Gasteiger partial charge >= 0.3 is 0 Å². The minimum atomic E-state index is -4.03. The fourth-order valence-corrected chi connectivity index (χ4v) is 2.63. The van der Waals surface area contributed by atoms with Crippen LogP contribution in [0.4, 0.5) is 10.1 Å². The van der Waals surface area contributed by atoms with Crippen LogP contribution in [0, 0.1) is 5.82 Å². The molecule has 0 amide bonds. The van der Waals surface area contributed by atoms with E-state index in [9.17, 15) is 12.8 Å². The van der Waals surface area contributed by atoms with Gasteiger partial charge in [0.15, 0.2) is 0 Å². The summed E-state index contributed by atoms with van der Waals surface area (Å²) in [5.74, 6) is -0.805. The molecule has 0 spiro atoms. The van der Waals surface area contributed by atoms with Crippen LogP contribution in [0.2, 0.25) is 0 Å². The van der Waals surface area contributed by atoms with Crippen LogP contribution in [-0.2, 0) is 16.6 Å². The van der Waals surface area contributed by atoms with Crippen LogP contribution in [0.3, 0.4) is 0 Å². The van der Waals surface area contributed by atoms with Crippen LogP contribution in [0.1, 0.15) is 5.56 Å². The van der Waals surface area contributed by atoms with Gasteiger partial charge in [-0.1, -0.05) is 36.4 Å². The van der Waals surface area contributed by atoms with Crippen molar-refractivity contribution in [2.24, 2.45) is 0 Å². The quantitative estimate of drug-likeness (QED) is 0.929. The molecule has 0 saturated heterocycles. The van der Waals surface area contributed by atoms with Gasteiger partial charge < -0.3 is 10.5 Å². The number of sulfonamides is 1. The molecule has 0 fully saturated rings. The first-order valence-corrected chi connectivity index (χ1v) is 7.07. The largest absolute Gasteiger partial charge is 0.573 e. The van der Waals surface area contributed by atoms with Crippen LogP contribution in [0.15, 0.2) is 53.4 Å². The Hall–Kier alpha value is -1.92. The van der Waals surface area contributed by atoms with Gasteiger partial charge in [0, 0.05) is 5.56 Å². The number of rotatable bonds is 4. The number of halogens is 1. The summed E-state index contributed by atoms with van der Waals surface area (Å²) in [6, 6.07) is 11.8. The van der Waals surface area contributed by atoms with Crippen LogP contribution in [0.25, 0.3) is 4.72 Å². The average Bonchev–Trinajstić information content (AvgIpc) is 2.39. The summed E-state index contributed by atoms with van der Waals surface area (Å²) in [4.78, 5) is -0.420. The average molecular weight is 280 g/mol. The monoisotopic (exact) mass is 280 g/mol. The van der Waals surface area contributed by atoms with Crippen molar-refractivity contribution in [2.75, 3.05) is 0 Å². The number of quaternary nitrogens is 1. The molecule has 2 aromatic rings. The van der Waals surface area contributed by atoms with Crippen molar-refractivity contribution in [2.45, 2.75) is 11.4 Å². The Morgan fingerprint density at radius 2 is 1.68 bits per heavy atom. The van der Waals surface area contributed by atoms with Gasteiger partial charge in [0.1, 0.15) is 15.8 Å². The molecule has 4 nitrogen and oxygen atoms in total. The van der Waals surface area contributed by atoms with Crippen LogP contribution >= 0.6 is 0 Å². The van der Waals surface area contributed by atoms with E-state index in [1.165, 1.54) is 18.2 Å². The Morgan fingerprint density at radius 3 is 2.26 bits per heavy atom. The van der Waals surface area contributed by atoms with E-state index in [1.807, 2.05) is 0 Å². The van der Waals surface area contributed by atoms with Crippen molar-refractivity contribution in [1.82, 2.24) is 0 Å². The second-order valence-corrected chi connectivity index (χ2v) is 5.49. The van der Waals surface area contributed by atoms with Crippen molar-refractivity contribution in [1.29, 1.82) is 0 Å². The Balaban J connectivity index is 2.28. The molecule has 3 N–H and O–H groups in total. The van der Waals surface area contributed by atoms with E-state index < -0.39 is 20.7 Å². The summed E-state index contributed by atoms with van der Waals surface area (Å²) >= 11 is 0. The first-order valence-electron chi connectivity index (χ1n) is 5.63. The van der Waals surface area contributed by atoms with Gasteiger partial charge in [-0.15, -0.1) is 5.69 Å². The first kappa shape index (κ1) is 13.5. The highest BCUT2D eigenvalue weighted by Crippen LogP contribution is 2.28. The van der Waals surface area contributed by atoms with Gasteiger partial charge in [0.05, 0.1) is 11.4 Å². The molecule has 100 valence electrons. The zero-order valence-corrected chi connectivity index (χ0v) is 10.9. The molecule has 0 heterocycles. The predicted molar refractivity (Wildman–Crippen MR) is 69.6 cm³/mol. The topological polar surface area (TPSA) is 75.9 Å². The van der Waals surface area contributed by atoms with Crippen LogP contribution < -0.4 is 5.73 Å². The van der Waals surface area contributed by atoms with Crippen LogP contribution in [-0.4, -0.2) is 8.42 Å². The molecule has 0 aliphatic heterocycles. The molecule has 19 heavy (non-hydrogen) atoms. The third kappa shape index (κ3) is 3.10.